The lowest BCUT2D eigenvalue weighted by Gasteiger charge is -2.06. The molecule has 1 amide bonds. The predicted octanol–water partition coefficient (Wildman–Crippen LogP) is 4.55. The number of nitrogens with zero attached hydrogens (tertiary/aromatic N) is 2. The maximum Gasteiger partial charge on any atom is 0.279 e. The number of ether oxygens (including phenoxy) is 1. The van der Waals surface area contributed by atoms with Crippen LogP contribution in [-0.4, -0.2) is 38.4 Å². The summed E-state index contributed by atoms with van der Waals surface area (Å²) in [5.74, 6) is -0.352. The summed E-state index contributed by atoms with van der Waals surface area (Å²) in [6, 6.07) is 22.3. The Morgan fingerprint density at radius 2 is 1.70 bits per heavy atom. The Morgan fingerprint density at radius 3 is 2.36 bits per heavy atom. The summed E-state index contributed by atoms with van der Waals surface area (Å²) < 4.78 is 32.1. The number of hydrogen-bond donors (Lipinski definition) is 0. The molecule has 1 aromatic heterocycles. The van der Waals surface area contributed by atoms with Gasteiger partial charge in [0.15, 0.2) is 14.6 Å². The van der Waals surface area contributed by atoms with Gasteiger partial charge in [0.25, 0.3) is 5.91 Å². The Hall–Kier alpha value is -3.07. The van der Waals surface area contributed by atoms with Crippen molar-refractivity contribution in [3.8, 4) is 11.1 Å². The number of carbonyl (C=O) groups excluding carboxylic acids is 1. The molecule has 4 rings (SSSR count). The van der Waals surface area contributed by atoms with Crippen LogP contribution in [0.2, 0.25) is 0 Å². The van der Waals surface area contributed by atoms with Crippen molar-refractivity contribution in [3.05, 3.63) is 83.2 Å². The minimum absolute atomic E-state index is 0.239. The van der Waals surface area contributed by atoms with E-state index in [9.17, 15) is 13.2 Å². The first-order valence-corrected chi connectivity index (χ1v) is 13.2. The van der Waals surface area contributed by atoms with Gasteiger partial charge in [-0.1, -0.05) is 53.8 Å². The molecular formula is C25H24N2O4S2. The van der Waals surface area contributed by atoms with Crippen LogP contribution in [0.15, 0.2) is 82.7 Å². The van der Waals surface area contributed by atoms with Crippen molar-refractivity contribution in [2.45, 2.75) is 18.4 Å². The van der Waals surface area contributed by atoms with Crippen LogP contribution in [0.25, 0.3) is 21.3 Å². The molecule has 170 valence electrons. The summed E-state index contributed by atoms with van der Waals surface area (Å²) in [6.45, 7) is 3.47. The highest BCUT2D eigenvalue weighted by molar-refractivity contribution is 7.90. The highest BCUT2D eigenvalue weighted by Crippen LogP contribution is 2.23. The van der Waals surface area contributed by atoms with E-state index in [1.165, 1.54) is 17.6 Å². The standard InChI is InChI=1S/C25H24N2O4S2/c1-3-31-16-15-27-22-14-13-21(33(2,29)30)17-23(22)32-25(27)26-24(28)20-11-9-19(10-12-20)18-7-5-4-6-8-18/h4-14,17H,3,15-16H2,1-2H3. The fourth-order valence-corrected chi connectivity index (χ4v) is 5.29. The van der Waals surface area contributed by atoms with Crippen LogP contribution >= 0.6 is 11.3 Å². The van der Waals surface area contributed by atoms with Crippen molar-refractivity contribution >= 4 is 37.3 Å². The molecule has 0 fully saturated rings. The molecule has 0 N–H and O–H groups in total. The maximum absolute atomic E-state index is 12.9. The molecule has 0 saturated heterocycles. The first-order valence-electron chi connectivity index (χ1n) is 10.5. The summed E-state index contributed by atoms with van der Waals surface area (Å²) in [4.78, 5) is 18.1. The lowest BCUT2D eigenvalue weighted by molar-refractivity contribution is 0.0996. The number of fused-ring (bicyclic) bond motifs is 1. The van der Waals surface area contributed by atoms with E-state index in [0.29, 0.717) is 30.1 Å². The Bertz CT molecular complexity index is 1450. The molecule has 1 heterocycles. The van der Waals surface area contributed by atoms with Crippen LogP contribution in [0, 0.1) is 0 Å². The Balaban J connectivity index is 1.72. The summed E-state index contributed by atoms with van der Waals surface area (Å²) in [5.41, 5.74) is 3.40. The van der Waals surface area contributed by atoms with E-state index < -0.39 is 9.84 Å². The zero-order valence-electron chi connectivity index (χ0n) is 18.4. The zero-order valence-corrected chi connectivity index (χ0v) is 20.0. The molecule has 0 radical (unpaired) electrons. The van der Waals surface area contributed by atoms with Gasteiger partial charge in [0, 0.05) is 25.0 Å². The van der Waals surface area contributed by atoms with Crippen LogP contribution in [0.5, 0.6) is 0 Å². The van der Waals surface area contributed by atoms with Gasteiger partial charge in [0.05, 0.1) is 21.7 Å². The van der Waals surface area contributed by atoms with Gasteiger partial charge < -0.3 is 9.30 Å². The van der Waals surface area contributed by atoms with Gasteiger partial charge in [-0.3, -0.25) is 4.79 Å². The van der Waals surface area contributed by atoms with Crippen LogP contribution < -0.4 is 4.80 Å². The number of benzene rings is 3. The molecule has 0 bridgehead atoms. The van der Waals surface area contributed by atoms with E-state index in [-0.39, 0.29) is 10.8 Å². The quantitative estimate of drug-likeness (QED) is 0.364. The fraction of sp³-hybridized carbons (Fsp3) is 0.200. The number of thiazole rings is 1. The topological polar surface area (TPSA) is 77.7 Å². The molecule has 0 aliphatic carbocycles. The maximum atomic E-state index is 12.9. The third-order valence-electron chi connectivity index (χ3n) is 5.18. The number of aromatic nitrogens is 1. The van der Waals surface area contributed by atoms with Crippen molar-refractivity contribution in [1.29, 1.82) is 0 Å². The average Bonchev–Trinajstić information content (AvgIpc) is 3.15. The third-order valence-corrected chi connectivity index (χ3v) is 7.33. The highest BCUT2D eigenvalue weighted by Gasteiger charge is 2.13. The van der Waals surface area contributed by atoms with E-state index in [1.54, 1.807) is 30.3 Å². The van der Waals surface area contributed by atoms with E-state index in [0.717, 1.165) is 21.3 Å². The normalized spacial score (nSPS) is 12.4. The smallest absolute Gasteiger partial charge is 0.279 e. The number of amides is 1. The van der Waals surface area contributed by atoms with Gasteiger partial charge in [-0.15, -0.1) is 0 Å². The third kappa shape index (κ3) is 5.30. The number of sulfone groups is 1. The van der Waals surface area contributed by atoms with E-state index in [2.05, 4.69) is 4.99 Å². The minimum Gasteiger partial charge on any atom is -0.380 e. The molecule has 4 aromatic rings. The second-order valence-corrected chi connectivity index (χ2v) is 10.5. The minimum atomic E-state index is -3.34. The van der Waals surface area contributed by atoms with Gasteiger partial charge in [-0.2, -0.15) is 4.99 Å². The fourth-order valence-electron chi connectivity index (χ4n) is 3.47. The molecule has 33 heavy (non-hydrogen) atoms. The van der Waals surface area contributed by atoms with E-state index in [1.807, 2.05) is 54.0 Å². The summed E-state index contributed by atoms with van der Waals surface area (Å²) in [6.07, 6.45) is 1.18. The summed E-state index contributed by atoms with van der Waals surface area (Å²) >= 11 is 1.29. The van der Waals surface area contributed by atoms with Crippen molar-refractivity contribution in [3.63, 3.8) is 0 Å². The first kappa shape index (κ1) is 23.1. The van der Waals surface area contributed by atoms with Crippen molar-refractivity contribution in [1.82, 2.24) is 4.57 Å². The molecule has 0 spiro atoms. The number of carbonyl (C=O) groups is 1. The van der Waals surface area contributed by atoms with Gasteiger partial charge in [-0.25, -0.2) is 8.42 Å². The number of rotatable bonds is 7. The Morgan fingerprint density at radius 1 is 1.00 bits per heavy atom. The van der Waals surface area contributed by atoms with Crippen molar-refractivity contribution in [2.75, 3.05) is 19.5 Å². The second-order valence-electron chi connectivity index (χ2n) is 7.50. The van der Waals surface area contributed by atoms with Crippen LogP contribution in [0.4, 0.5) is 0 Å². The molecule has 0 saturated carbocycles. The van der Waals surface area contributed by atoms with E-state index >= 15 is 0 Å². The highest BCUT2D eigenvalue weighted by atomic mass is 32.2. The molecule has 0 aliphatic heterocycles. The lowest BCUT2D eigenvalue weighted by Crippen LogP contribution is -2.19. The largest absolute Gasteiger partial charge is 0.380 e. The average molecular weight is 481 g/mol. The Labute approximate surface area is 196 Å². The summed E-state index contributed by atoms with van der Waals surface area (Å²) in [7, 11) is -3.34. The van der Waals surface area contributed by atoms with Gasteiger partial charge in [-0.05, 0) is 48.4 Å². The molecule has 0 aliphatic rings. The van der Waals surface area contributed by atoms with Crippen molar-refractivity contribution in [2.24, 2.45) is 4.99 Å². The second kappa shape index (κ2) is 9.82. The SMILES string of the molecule is CCOCCn1c(=NC(=O)c2ccc(-c3ccccc3)cc2)sc2cc(S(C)(=O)=O)ccc21. The Kier molecular flexibility index (Phi) is 6.88. The molecule has 6 nitrogen and oxygen atoms in total. The zero-order chi connectivity index (χ0) is 23.4. The van der Waals surface area contributed by atoms with Crippen LogP contribution in [-0.2, 0) is 21.1 Å². The first-order chi connectivity index (χ1) is 15.9. The molecular weight excluding hydrogens is 456 g/mol. The van der Waals surface area contributed by atoms with Gasteiger partial charge >= 0.3 is 0 Å². The summed E-state index contributed by atoms with van der Waals surface area (Å²) in [5, 5.41) is 0. The monoisotopic (exact) mass is 480 g/mol. The molecule has 3 aromatic carbocycles. The number of hydrogen-bond acceptors (Lipinski definition) is 5. The van der Waals surface area contributed by atoms with Gasteiger partial charge in [0.2, 0.25) is 0 Å². The molecule has 0 atom stereocenters. The lowest BCUT2D eigenvalue weighted by atomic mass is 10.0. The molecule has 0 unspecified atom stereocenters. The predicted molar refractivity (Wildman–Crippen MR) is 131 cm³/mol. The van der Waals surface area contributed by atoms with E-state index in [4.69, 9.17) is 4.74 Å². The van der Waals surface area contributed by atoms with Gasteiger partial charge in [0.1, 0.15) is 0 Å². The van der Waals surface area contributed by atoms with Crippen molar-refractivity contribution < 1.29 is 17.9 Å². The molecule has 8 heteroatoms. The van der Waals surface area contributed by atoms with Crippen LogP contribution in [0.1, 0.15) is 17.3 Å². The van der Waals surface area contributed by atoms with Crippen LogP contribution in [0.3, 0.4) is 0 Å².